The molecule has 3 rings (SSSR count). The highest BCUT2D eigenvalue weighted by Gasteiger charge is 2.37. The highest BCUT2D eigenvalue weighted by atomic mass is 16.5. The average Bonchev–Trinajstić information content (AvgIpc) is 2.65. The summed E-state index contributed by atoms with van der Waals surface area (Å²) in [6.07, 6.45) is 1.58. The highest BCUT2D eigenvalue weighted by Crippen LogP contribution is 2.45. The molecule has 0 amide bonds. The van der Waals surface area contributed by atoms with Crippen LogP contribution in [0.4, 0.5) is 0 Å². The molecular weight excluding hydrogens is 304 g/mol. The lowest BCUT2D eigenvalue weighted by atomic mass is 9.71. The van der Waals surface area contributed by atoms with E-state index < -0.39 is 0 Å². The van der Waals surface area contributed by atoms with Gasteiger partial charge in [0.15, 0.2) is 11.5 Å². The first-order chi connectivity index (χ1) is 11.7. The molecule has 1 aliphatic rings. The molecule has 4 nitrogen and oxygen atoms in total. The minimum absolute atomic E-state index is 0.0396. The molecule has 0 aromatic heterocycles. The third-order valence-electron chi connectivity index (χ3n) is 4.77. The molecule has 126 valence electrons. The first-order valence-corrected chi connectivity index (χ1v) is 8.07. The Labute approximate surface area is 142 Å². The topological polar surface area (TPSA) is 44.8 Å². The molecule has 0 unspecified atom stereocenters. The fourth-order valence-electron chi connectivity index (χ4n) is 3.61. The van der Waals surface area contributed by atoms with Crippen molar-refractivity contribution in [3.63, 3.8) is 0 Å². The van der Waals surface area contributed by atoms with Gasteiger partial charge in [-0.05, 0) is 41.7 Å². The minimum atomic E-state index is -0.192. The van der Waals surface area contributed by atoms with Gasteiger partial charge in [-0.1, -0.05) is 30.3 Å². The number of hydrogen-bond acceptors (Lipinski definition) is 4. The number of hydrogen-bond donors (Lipinski definition) is 0. The molecule has 0 radical (unpaired) electrons. The lowest BCUT2D eigenvalue weighted by Crippen LogP contribution is -2.29. The van der Waals surface area contributed by atoms with Crippen molar-refractivity contribution in [3.05, 3.63) is 59.2 Å². The number of methoxy groups -OCH3 is 3. The summed E-state index contributed by atoms with van der Waals surface area (Å²) in [5.74, 6) is 1.01. The molecule has 24 heavy (non-hydrogen) atoms. The number of carbonyl (C=O) groups is 1. The van der Waals surface area contributed by atoms with Gasteiger partial charge >= 0.3 is 5.97 Å². The van der Waals surface area contributed by atoms with Crippen molar-refractivity contribution in [3.8, 4) is 11.5 Å². The molecule has 0 fully saturated rings. The van der Waals surface area contributed by atoms with Crippen LogP contribution in [0.1, 0.15) is 29.0 Å². The molecule has 0 heterocycles. The predicted molar refractivity (Wildman–Crippen MR) is 91.7 cm³/mol. The van der Waals surface area contributed by atoms with Crippen LogP contribution in [-0.4, -0.2) is 27.3 Å². The number of ether oxygens (including phenoxy) is 3. The van der Waals surface area contributed by atoms with Crippen molar-refractivity contribution in [2.75, 3.05) is 21.3 Å². The Hall–Kier alpha value is -2.49. The SMILES string of the molecule is COC(=O)[C@@H]1CCc2cc(OC)c(OC)cc2[C@H]1c1ccccc1. The molecule has 0 saturated heterocycles. The van der Waals surface area contributed by atoms with Crippen molar-refractivity contribution < 1.29 is 19.0 Å². The zero-order valence-electron chi connectivity index (χ0n) is 14.2. The molecule has 0 bridgehead atoms. The summed E-state index contributed by atoms with van der Waals surface area (Å²) in [5.41, 5.74) is 3.42. The number of benzene rings is 2. The number of rotatable bonds is 4. The molecular formula is C20H22O4. The highest BCUT2D eigenvalue weighted by molar-refractivity contribution is 5.75. The fourth-order valence-corrected chi connectivity index (χ4v) is 3.61. The van der Waals surface area contributed by atoms with Gasteiger partial charge in [0.1, 0.15) is 0 Å². The number of aryl methyl sites for hydroxylation is 1. The second-order valence-corrected chi connectivity index (χ2v) is 5.96. The van der Waals surface area contributed by atoms with Crippen molar-refractivity contribution in [1.82, 2.24) is 0 Å². The van der Waals surface area contributed by atoms with Gasteiger partial charge in [0.05, 0.1) is 27.2 Å². The maximum Gasteiger partial charge on any atom is 0.309 e. The van der Waals surface area contributed by atoms with E-state index in [1.54, 1.807) is 14.2 Å². The van der Waals surface area contributed by atoms with E-state index in [1.807, 2.05) is 30.3 Å². The number of esters is 1. The van der Waals surface area contributed by atoms with Gasteiger partial charge in [-0.3, -0.25) is 4.79 Å². The summed E-state index contributed by atoms with van der Waals surface area (Å²) in [4.78, 5) is 12.4. The van der Waals surface area contributed by atoms with Gasteiger partial charge in [0.2, 0.25) is 0 Å². The number of fused-ring (bicyclic) bond motifs is 1. The van der Waals surface area contributed by atoms with Crippen molar-refractivity contribution in [1.29, 1.82) is 0 Å². The van der Waals surface area contributed by atoms with Gasteiger partial charge in [-0.2, -0.15) is 0 Å². The Morgan fingerprint density at radius 3 is 2.29 bits per heavy atom. The van der Waals surface area contributed by atoms with E-state index in [2.05, 4.69) is 12.1 Å². The molecule has 0 aliphatic heterocycles. The summed E-state index contributed by atoms with van der Waals surface area (Å²) in [7, 11) is 4.72. The van der Waals surface area contributed by atoms with Crippen LogP contribution in [0.3, 0.4) is 0 Å². The maximum atomic E-state index is 12.4. The second-order valence-electron chi connectivity index (χ2n) is 5.96. The summed E-state index contributed by atoms with van der Waals surface area (Å²) < 4.78 is 16.0. The van der Waals surface area contributed by atoms with Crippen molar-refractivity contribution >= 4 is 5.97 Å². The number of carbonyl (C=O) groups excluding carboxylic acids is 1. The van der Waals surface area contributed by atoms with E-state index in [0.29, 0.717) is 5.75 Å². The first-order valence-electron chi connectivity index (χ1n) is 8.07. The largest absolute Gasteiger partial charge is 0.493 e. The van der Waals surface area contributed by atoms with Gasteiger partial charge in [0.25, 0.3) is 0 Å². The van der Waals surface area contributed by atoms with Crippen LogP contribution in [0.2, 0.25) is 0 Å². The standard InChI is InChI=1S/C20H22O4/c1-22-17-11-14-9-10-15(20(21)24-3)19(13-7-5-4-6-8-13)16(14)12-18(17)23-2/h4-8,11-12,15,19H,9-10H2,1-3H3/t15-,19+/m1/s1. The van der Waals surface area contributed by atoms with Gasteiger partial charge in [-0.15, -0.1) is 0 Å². The fraction of sp³-hybridized carbons (Fsp3) is 0.350. The van der Waals surface area contributed by atoms with Crippen LogP contribution >= 0.6 is 0 Å². The summed E-state index contributed by atoms with van der Waals surface area (Å²) in [5, 5.41) is 0. The van der Waals surface area contributed by atoms with E-state index >= 15 is 0 Å². The van der Waals surface area contributed by atoms with E-state index in [9.17, 15) is 4.79 Å². The maximum absolute atomic E-state index is 12.4. The Balaban J connectivity index is 2.15. The zero-order valence-corrected chi connectivity index (χ0v) is 14.2. The second kappa shape index (κ2) is 6.95. The molecule has 0 N–H and O–H groups in total. The molecule has 0 saturated carbocycles. The Morgan fingerprint density at radius 2 is 1.67 bits per heavy atom. The van der Waals surface area contributed by atoms with E-state index in [4.69, 9.17) is 14.2 Å². The summed E-state index contributed by atoms with van der Waals surface area (Å²) in [6.45, 7) is 0. The minimum Gasteiger partial charge on any atom is -0.493 e. The quantitative estimate of drug-likeness (QED) is 0.806. The molecule has 2 atom stereocenters. The average molecular weight is 326 g/mol. The van der Waals surface area contributed by atoms with E-state index in [0.717, 1.165) is 29.7 Å². The first kappa shape index (κ1) is 16.4. The summed E-state index contributed by atoms with van der Waals surface area (Å²) >= 11 is 0. The Kier molecular flexibility index (Phi) is 4.74. The molecule has 2 aromatic carbocycles. The van der Waals surface area contributed by atoms with E-state index in [-0.39, 0.29) is 17.8 Å². The van der Waals surface area contributed by atoms with Crippen molar-refractivity contribution in [2.45, 2.75) is 18.8 Å². The molecule has 1 aliphatic carbocycles. The lowest BCUT2D eigenvalue weighted by molar-refractivity contribution is -0.146. The summed E-state index contributed by atoms with van der Waals surface area (Å²) in [6, 6.07) is 14.1. The van der Waals surface area contributed by atoms with Gasteiger partial charge < -0.3 is 14.2 Å². The van der Waals surface area contributed by atoms with Crippen LogP contribution in [0.5, 0.6) is 11.5 Å². The van der Waals surface area contributed by atoms with Crippen LogP contribution < -0.4 is 9.47 Å². The normalized spacial score (nSPS) is 19.3. The van der Waals surface area contributed by atoms with E-state index in [1.165, 1.54) is 12.7 Å². The predicted octanol–water partition coefficient (Wildman–Crippen LogP) is 3.57. The van der Waals surface area contributed by atoms with Crippen LogP contribution in [-0.2, 0) is 16.0 Å². The van der Waals surface area contributed by atoms with Crippen LogP contribution in [0, 0.1) is 5.92 Å². The molecule has 0 spiro atoms. The monoisotopic (exact) mass is 326 g/mol. The smallest absolute Gasteiger partial charge is 0.309 e. The third-order valence-corrected chi connectivity index (χ3v) is 4.77. The zero-order chi connectivity index (χ0) is 17.1. The van der Waals surface area contributed by atoms with Gasteiger partial charge in [0, 0.05) is 5.92 Å². The van der Waals surface area contributed by atoms with Crippen molar-refractivity contribution in [2.24, 2.45) is 5.92 Å². The molecule has 2 aromatic rings. The van der Waals surface area contributed by atoms with Crippen LogP contribution in [0.15, 0.2) is 42.5 Å². The third kappa shape index (κ3) is 2.84. The Bertz CT molecular complexity index is 724. The van der Waals surface area contributed by atoms with Crippen LogP contribution in [0.25, 0.3) is 0 Å². The van der Waals surface area contributed by atoms with Gasteiger partial charge in [-0.25, -0.2) is 0 Å². The molecule has 4 heteroatoms. The lowest BCUT2D eigenvalue weighted by Gasteiger charge is -2.33. The Morgan fingerprint density at radius 1 is 1.00 bits per heavy atom.